The molecule has 0 amide bonds. The van der Waals surface area contributed by atoms with Gasteiger partial charge in [0.25, 0.3) is 0 Å². The Kier molecular flexibility index (Phi) is 3.97. The first-order chi connectivity index (χ1) is 8.51. The Labute approximate surface area is 108 Å². The first-order valence-corrected chi connectivity index (χ1v) is 6.70. The molecule has 1 fully saturated rings. The van der Waals surface area contributed by atoms with Gasteiger partial charge in [-0.15, -0.1) is 11.3 Å². The molecular formula is C12H15F2NO2S. The van der Waals surface area contributed by atoms with Gasteiger partial charge >= 0.3 is 11.9 Å². The van der Waals surface area contributed by atoms with Crippen molar-refractivity contribution in [1.82, 2.24) is 5.32 Å². The van der Waals surface area contributed by atoms with E-state index < -0.39 is 24.4 Å². The van der Waals surface area contributed by atoms with Crippen molar-refractivity contribution in [3.63, 3.8) is 0 Å². The Morgan fingerprint density at radius 2 is 2.22 bits per heavy atom. The van der Waals surface area contributed by atoms with Crippen LogP contribution in [-0.2, 0) is 22.5 Å². The first kappa shape index (κ1) is 13.4. The third kappa shape index (κ3) is 3.05. The van der Waals surface area contributed by atoms with E-state index in [4.69, 9.17) is 0 Å². The highest BCUT2D eigenvalue weighted by Gasteiger charge is 2.50. The predicted octanol–water partition coefficient (Wildman–Crippen LogP) is 2.35. The third-order valence-electron chi connectivity index (χ3n) is 2.79. The van der Waals surface area contributed by atoms with Crippen LogP contribution in [0.1, 0.15) is 23.1 Å². The Bertz CT molecular complexity index is 433. The monoisotopic (exact) mass is 275 g/mol. The summed E-state index contributed by atoms with van der Waals surface area (Å²) in [5.41, 5.74) is 0. The van der Waals surface area contributed by atoms with Crippen LogP contribution < -0.4 is 5.32 Å². The molecule has 2 heterocycles. The molecule has 0 spiro atoms. The van der Waals surface area contributed by atoms with Gasteiger partial charge in [0.1, 0.15) is 6.10 Å². The summed E-state index contributed by atoms with van der Waals surface area (Å²) in [6, 6.07) is 4.08. The van der Waals surface area contributed by atoms with Gasteiger partial charge in [0.15, 0.2) is 0 Å². The van der Waals surface area contributed by atoms with E-state index in [2.05, 4.69) is 23.0 Å². The lowest BCUT2D eigenvalue weighted by Gasteiger charge is -2.08. The van der Waals surface area contributed by atoms with Crippen LogP contribution in [0, 0.1) is 0 Å². The van der Waals surface area contributed by atoms with Crippen molar-refractivity contribution in [2.45, 2.75) is 38.3 Å². The summed E-state index contributed by atoms with van der Waals surface area (Å²) in [5, 5.41) is 3.04. The molecule has 1 aliphatic rings. The number of cyclic esters (lactones) is 1. The van der Waals surface area contributed by atoms with Gasteiger partial charge in [0, 0.05) is 22.8 Å². The fourth-order valence-corrected chi connectivity index (χ4v) is 2.75. The molecule has 100 valence electrons. The van der Waals surface area contributed by atoms with E-state index in [0.717, 1.165) is 11.3 Å². The normalized spacial score (nSPS) is 22.2. The molecule has 1 unspecified atom stereocenters. The molecule has 1 aromatic heterocycles. The van der Waals surface area contributed by atoms with E-state index in [1.54, 1.807) is 11.3 Å². The summed E-state index contributed by atoms with van der Waals surface area (Å²) in [4.78, 5) is 13.2. The average Bonchev–Trinajstić information content (AvgIpc) is 2.85. The fraction of sp³-hybridized carbons (Fsp3) is 0.583. The minimum Gasteiger partial charge on any atom is -0.456 e. The molecule has 0 aromatic carbocycles. The van der Waals surface area contributed by atoms with Gasteiger partial charge in [-0.05, 0) is 18.6 Å². The number of rotatable bonds is 5. The first-order valence-electron chi connectivity index (χ1n) is 5.88. The Morgan fingerprint density at radius 3 is 2.78 bits per heavy atom. The number of hydrogen-bond donors (Lipinski definition) is 1. The van der Waals surface area contributed by atoms with Gasteiger partial charge < -0.3 is 10.1 Å². The number of carbonyl (C=O) groups is 1. The molecule has 18 heavy (non-hydrogen) atoms. The highest BCUT2D eigenvalue weighted by molar-refractivity contribution is 7.11. The standard InChI is InChI=1S/C12H15F2NO2S/c1-2-9-3-4-10(18-9)7-15-6-8-5-12(13,14)11(16)17-8/h3-4,8,15H,2,5-7H2,1H3. The second kappa shape index (κ2) is 5.32. The number of thiophene rings is 1. The number of halogens is 2. The van der Waals surface area contributed by atoms with Crippen molar-refractivity contribution < 1.29 is 18.3 Å². The number of hydrogen-bond acceptors (Lipinski definition) is 4. The van der Waals surface area contributed by atoms with Gasteiger partial charge in [-0.25, -0.2) is 4.79 Å². The van der Waals surface area contributed by atoms with Gasteiger partial charge in [-0.1, -0.05) is 6.92 Å². The molecule has 0 bridgehead atoms. The summed E-state index contributed by atoms with van der Waals surface area (Å²) in [6.45, 7) is 2.97. The van der Waals surface area contributed by atoms with Crippen molar-refractivity contribution >= 4 is 17.3 Å². The maximum absolute atomic E-state index is 12.9. The third-order valence-corrected chi connectivity index (χ3v) is 4.02. The van der Waals surface area contributed by atoms with Gasteiger partial charge in [-0.2, -0.15) is 8.78 Å². The van der Waals surface area contributed by atoms with Crippen LogP contribution in [0.5, 0.6) is 0 Å². The van der Waals surface area contributed by atoms with E-state index in [9.17, 15) is 13.6 Å². The zero-order chi connectivity index (χ0) is 13.2. The summed E-state index contributed by atoms with van der Waals surface area (Å²) < 4.78 is 30.4. The fourth-order valence-electron chi connectivity index (χ4n) is 1.83. The molecule has 1 atom stereocenters. The molecule has 3 nitrogen and oxygen atoms in total. The van der Waals surface area contributed by atoms with Crippen LogP contribution >= 0.6 is 11.3 Å². The van der Waals surface area contributed by atoms with Crippen LogP contribution in [0.15, 0.2) is 12.1 Å². The second-order valence-electron chi connectivity index (χ2n) is 4.29. The van der Waals surface area contributed by atoms with Crippen molar-refractivity contribution in [3.8, 4) is 0 Å². The molecule has 1 saturated heterocycles. The number of nitrogens with one attached hydrogen (secondary N) is 1. The van der Waals surface area contributed by atoms with Crippen molar-refractivity contribution in [3.05, 3.63) is 21.9 Å². The summed E-state index contributed by atoms with van der Waals surface area (Å²) in [5.74, 6) is -4.72. The molecule has 0 saturated carbocycles. The second-order valence-corrected chi connectivity index (χ2v) is 5.54. The predicted molar refractivity (Wildman–Crippen MR) is 64.8 cm³/mol. The number of aryl methyl sites for hydroxylation is 1. The van der Waals surface area contributed by atoms with Crippen LogP contribution in [0.3, 0.4) is 0 Å². The number of carbonyl (C=O) groups excluding carboxylic acids is 1. The van der Waals surface area contributed by atoms with E-state index in [-0.39, 0.29) is 6.54 Å². The van der Waals surface area contributed by atoms with Gasteiger partial charge in [0.2, 0.25) is 0 Å². The van der Waals surface area contributed by atoms with E-state index >= 15 is 0 Å². The lowest BCUT2D eigenvalue weighted by molar-refractivity contribution is -0.159. The van der Waals surface area contributed by atoms with Crippen LogP contribution in [0.25, 0.3) is 0 Å². The van der Waals surface area contributed by atoms with Crippen LogP contribution in [0.2, 0.25) is 0 Å². The zero-order valence-corrected chi connectivity index (χ0v) is 10.9. The Morgan fingerprint density at radius 1 is 1.50 bits per heavy atom. The molecular weight excluding hydrogens is 260 g/mol. The highest BCUT2D eigenvalue weighted by atomic mass is 32.1. The highest BCUT2D eigenvalue weighted by Crippen LogP contribution is 2.30. The van der Waals surface area contributed by atoms with Gasteiger partial charge in [0.05, 0.1) is 6.42 Å². The van der Waals surface area contributed by atoms with Crippen molar-refractivity contribution in [2.75, 3.05) is 6.54 Å². The minimum absolute atomic E-state index is 0.265. The van der Waals surface area contributed by atoms with Gasteiger partial charge in [-0.3, -0.25) is 0 Å². The SMILES string of the molecule is CCc1ccc(CNCC2CC(F)(F)C(=O)O2)s1. The lowest BCUT2D eigenvalue weighted by atomic mass is 10.2. The molecule has 0 radical (unpaired) electrons. The maximum Gasteiger partial charge on any atom is 0.377 e. The number of esters is 1. The molecule has 6 heteroatoms. The van der Waals surface area contributed by atoms with Crippen molar-refractivity contribution in [2.24, 2.45) is 0 Å². The maximum atomic E-state index is 12.9. The average molecular weight is 275 g/mol. The Hall–Kier alpha value is -1.01. The summed E-state index contributed by atoms with van der Waals surface area (Å²) in [6.07, 6.45) is -0.251. The summed E-state index contributed by atoms with van der Waals surface area (Å²) >= 11 is 1.70. The quantitative estimate of drug-likeness (QED) is 0.838. The molecule has 1 N–H and O–H groups in total. The molecule has 0 aliphatic carbocycles. The number of ether oxygens (including phenoxy) is 1. The lowest BCUT2D eigenvalue weighted by Crippen LogP contribution is -2.26. The van der Waals surface area contributed by atoms with Crippen LogP contribution in [-0.4, -0.2) is 24.5 Å². The van der Waals surface area contributed by atoms with E-state index in [1.165, 1.54) is 4.88 Å². The minimum atomic E-state index is -3.31. The molecule has 1 aliphatic heterocycles. The number of alkyl halides is 2. The summed E-state index contributed by atoms with van der Waals surface area (Å²) in [7, 11) is 0. The molecule has 1 aromatic rings. The molecule has 2 rings (SSSR count). The van der Waals surface area contributed by atoms with Crippen LogP contribution in [0.4, 0.5) is 8.78 Å². The smallest absolute Gasteiger partial charge is 0.377 e. The zero-order valence-electron chi connectivity index (χ0n) is 10.0. The van der Waals surface area contributed by atoms with E-state index in [0.29, 0.717) is 6.54 Å². The topological polar surface area (TPSA) is 38.3 Å². The largest absolute Gasteiger partial charge is 0.456 e. The van der Waals surface area contributed by atoms with Crippen molar-refractivity contribution in [1.29, 1.82) is 0 Å². The van der Waals surface area contributed by atoms with E-state index in [1.807, 2.05) is 6.07 Å². The Balaban J connectivity index is 1.75.